The highest BCUT2D eigenvalue weighted by Crippen LogP contribution is 2.41. The molecular weight excluding hydrogens is 260 g/mol. The van der Waals surface area contributed by atoms with Gasteiger partial charge in [0.25, 0.3) is 0 Å². The van der Waals surface area contributed by atoms with E-state index in [1.54, 1.807) is 6.07 Å². The van der Waals surface area contributed by atoms with E-state index in [-0.39, 0.29) is 11.7 Å². The average Bonchev–Trinajstić information content (AvgIpc) is 3.14. The van der Waals surface area contributed by atoms with Crippen LogP contribution in [0.4, 0.5) is 8.78 Å². The van der Waals surface area contributed by atoms with E-state index in [9.17, 15) is 8.78 Å². The smallest absolute Gasteiger partial charge is 0.129 e. The van der Waals surface area contributed by atoms with Crippen LogP contribution in [-0.4, -0.2) is 36.2 Å². The van der Waals surface area contributed by atoms with Gasteiger partial charge in [0, 0.05) is 24.7 Å². The fourth-order valence-electron chi connectivity index (χ4n) is 4.25. The van der Waals surface area contributed by atoms with Crippen molar-refractivity contribution in [2.75, 3.05) is 13.2 Å². The molecular formula is C16H19F2NO. The number of halogens is 2. The molecule has 1 aliphatic carbocycles. The van der Waals surface area contributed by atoms with Gasteiger partial charge in [-0.3, -0.25) is 4.90 Å². The Bertz CT molecular complexity index is 521. The Morgan fingerprint density at radius 3 is 2.70 bits per heavy atom. The van der Waals surface area contributed by atoms with Crippen molar-refractivity contribution in [2.45, 2.75) is 49.8 Å². The molecule has 3 aliphatic rings. The summed E-state index contributed by atoms with van der Waals surface area (Å²) in [5.74, 6) is -0.641. The second kappa shape index (κ2) is 4.78. The largest absolute Gasteiger partial charge is 0.375 e. The second-order valence-electron chi connectivity index (χ2n) is 6.37. The van der Waals surface area contributed by atoms with E-state index < -0.39 is 5.82 Å². The number of benzene rings is 1. The number of hydrogen-bond donors (Lipinski definition) is 0. The summed E-state index contributed by atoms with van der Waals surface area (Å²) in [5, 5.41) is 0. The van der Waals surface area contributed by atoms with E-state index in [1.165, 1.54) is 6.07 Å². The average molecular weight is 279 g/mol. The summed E-state index contributed by atoms with van der Waals surface area (Å²) >= 11 is 0. The molecule has 4 atom stereocenters. The van der Waals surface area contributed by atoms with E-state index in [0.29, 0.717) is 23.8 Å². The Hall–Kier alpha value is -1.00. The van der Waals surface area contributed by atoms with Gasteiger partial charge in [-0.05, 0) is 43.2 Å². The zero-order valence-corrected chi connectivity index (χ0v) is 11.4. The van der Waals surface area contributed by atoms with Crippen molar-refractivity contribution in [3.63, 3.8) is 0 Å². The van der Waals surface area contributed by atoms with Crippen LogP contribution in [0.2, 0.25) is 0 Å². The van der Waals surface area contributed by atoms with Crippen molar-refractivity contribution in [1.82, 2.24) is 4.90 Å². The summed E-state index contributed by atoms with van der Waals surface area (Å²) in [7, 11) is 0. The van der Waals surface area contributed by atoms with Crippen LogP contribution in [0.5, 0.6) is 0 Å². The van der Waals surface area contributed by atoms with Gasteiger partial charge in [0.05, 0.1) is 12.7 Å². The predicted molar refractivity (Wildman–Crippen MR) is 71.6 cm³/mol. The van der Waals surface area contributed by atoms with Gasteiger partial charge >= 0.3 is 0 Å². The highest BCUT2D eigenvalue weighted by Gasteiger charge is 2.44. The minimum Gasteiger partial charge on any atom is -0.375 e. The molecule has 2 saturated heterocycles. The third kappa shape index (κ3) is 2.06. The quantitative estimate of drug-likeness (QED) is 0.825. The van der Waals surface area contributed by atoms with E-state index in [0.717, 1.165) is 44.9 Å². The summed E-state index contributed by atoms with van der Waals surface area (Å²) in [4.78, 5) is 2.57. The molecule has 2 heterocycles. The molecule has 4 unspecified atom stereocenters. The van der Waals surface area contributed by atoms with Crippen molar-refractivity contribution in [1.29, 1.82) is 0 Å². The van der Waals surface area contributed by atoms with Crippen molar-refractivity contribution in [3.05, 3.63) is 35.4 Å². The van der Waals surface area contributed by atoms with Gasteiger partial charge in [-0.2, -0.15) is 0 Å². The third-order valence-electron chi connectivity index (χ3n) is 5.22. The number of nitrogens with zero attached hydrogens (tertiary/aromatic N) is 1. The third-order valence-corrected chi connectivity index (χ3v) is 5.22. The summed E-state index contributed by atoms with van der Waals surface area (Å²) in [6.45, 7) is 1.89. The van der Waals surface area contributed by atoms with Gasteiger partial charge in [0.15, 0.2) is 0 Å². The summed E-state index contributed by atoms with van der Waals surface area (Å²) in [6, 6.07) is 5.12. The number of likely N-dealkylation sites (tertiary alicyclic amines) is 1. The standard InChI is InChI=1S/C16H19F2NO/c17-11-2-4-15(16(18)6-11)10-1-3-12(5-10)19-8-14-7-13(19)9-20-14/h2,4,6,10,12-14H,1,3,5,7-9H2. The molecule has 0 N–H and O–H groups in total. The molecule has 3 fully saturated rings. The monoisotopic (exact) mass is 279 g/mol. The van der Waals surface area contributed by atoms with Crippen LogP contribution in [0.15, 0.2) is 18.2 Å². The molecule has 2 nitrogen and oxygen atoms in total. The Balaban J connectivity index is 1.48. The number of rotatable bonds is 2. The van der Waals surface area contributed by atoms with Crippen LogP contribution in [0.25, 0.3) is 0 Å². The molecule has 0 spiro atoms. The maximum Gasteiger partial charge on any atom is 0.129 e. The number of ether oxygens (including phenoxy) is 1. The molecule has 0 radical (unpaired) electrons. The Morgan fingerprint density at radius 1 is 1.10 bits per heavy atom. The maximum atomic E-state index is 13.9. The van der Waals surface area contributed by atoms with Gasteiger partial charge in [0.2, 0.25) is 0 Å². The van der Waals surface area contributed by atoms with Gasteiger partial charge < -0.3 is 4.74 Å². The van der Waals surface area contributed by atoms with Crippen LogP contribution in [0, 0.1) is 11.6 Å². The molecule has 4 rings (SSSR count). The van der Waals surface area contributed by atoms with Crippen molar-refractivity contribution < 1.29 is 13.5 Å². The van der Waals surface area contributed by atoms with Crippen LogP contribution in [-0.2, 0) is 4.74 Å². The first-order valence-corrected chi connectivity index (χ1v) is 7.53. The SMILES string of the molecule is Fc1ccc(C2CCC(N3CC4CC3CO4)C2)c(F)c1. The first kappa shape index (κ1) is 12.7. The first-order chi connectivity index (χ1) is 9.70. The Morgan fingerprint density at radius 2 is 2.00 bits per heavy atom. The summed E-state index contributed by atoms with van der Waals surface area (Å²) < 4.78 is 32.5. The van der Waals surface area contributed by atoms with Crippen LogP contribution in [0.1, 0.15) is 37.2 Å². The van der Waals surface area contributed by atoms with Gasteiger partial charge in [-0.1, -0.05) is 6.07 Å². The number of morpholine rings is 1. The molecule has 2 bridgehead atoms. The van der Waals surface area contributed by atoms with Crippen molar-refractivity contribution in [3.8, 4) is 0 Å². The molecule has 0 aromatic heterocycles. The predicted octanol–water partition coefficient (Wildman–Crippen LogP) is 3.07. The molecule has 0 amide bonds. The topological polar surface area (TPSA) is 12.5 Å². The van der Waals surface area contributed by atoms with Crippen molar-refractivity contribution in [2.24, 2.45) is 0 Å². The summed E-state index contributed by atoms with van der Waals surface area (Å²) in [6.07, 6.45) is 4.69. The normalized spacial score (nSPS) is 36.9. The lowest BCUT2D eigenvalue weighted by atomic mass is 9.96. The van der Waals surface area contributed by atoms with Gasteiger partial charge in [-0.25, -0.2) is 8.78 Å². The molecule has 108 valence electrons. The second-order valence-corrected chi connectivity index (χ2v) is 6.37. The molecule has 20 heavy (non-hydrogen) atoms. The molecule has 2 aliphatic heterocycles. The first-order valence-electron chi connectivity index (χ1n) is 7.53. The lowest BCUT2D eigenvalue weighted by molar-refractivity contribution is 0.0123. The van der Waals surface area contributed by atoms with Crippen LogP contribution >= 0.6 is 0 Å². The van der Waals surface area contributed by atoms with E-state index in [2.05, 4.69) is 4.90 Å². The fourth-order valence-corrected chi connectivity index (χ4v) is 4.25. The summed E-state index contributed by atoms with van der Waals surface area (Å²) in [5.41, 5.74) is 0.689. The lowest BCUT2D eigenvalue weighted by Crippen LogP contribution is -2.43. The Labute approximate surface area is 117 Å². The van der Waals surface area contributed by atoms with E-state index >= 15 is 0 Å². The van der Waals surface area contributed by atoms with Crippen molar-refractivity contribution >= 4 is 0 Å². The fraction of sp³-hybridized carbons (Fsp3) is 0.625. The minimum absolute atomic E-state index is 0.237. The maximum absolute atomic E-state index is 13.9. The van der Waals surface area contributed by atoms with E-state index in [1.807, 2.05) is 0 Å². The molecule has 1 saturated carbocycles. The highest BCUT2D eigenvalue weighted by molar-refractivity contribution is 5.24. The number of fused-ring (bicyclic) bond motifs is 2. The van der Waals surface area contributed by atoms with E-state index in [4.69, 9.17) is 4.74 Å². The lowest BCUT2D eigenvalue weighted by Gasteiger charge is -2.32. The van der Waals surface area contributed by atoms with Gasteiger partial charge in [0.1, 0.15) is 11.6 Å². The zero-order chi connectivity index (χ0) is 13.7. The Kier molecular flexibility index (Phi) is 3.04. The number of hydrogen-bond acceptors (Lipinski definition) is 2. The minimum atomic E-state index is -0.491. The molecule has 4 heteroatoms. The molecule has 1 aromatic carbocycles. The van der Waals surface area contributed by atoms with Crippen LogP contribution < -0.4 is 0 Å². The molecule has 1 aromatic rings. The van der Waals surface area contributed by atoms with Gasteiger partial charge in [-0.15, -0.1) is 0 Å². The van der Waals surface area contributed by atoms with Crippen LogP contribution in [0.3, 0.4) is 0 Å². The highest BCUT2D eigenvalue weighted by atomic mass is 19.1. The zero-order valence-electron chi connectivity index (χ0n) is 11.4.